The van der Waals surface area contributed by atoms with Crippen LogP contribution >= 0.6 is 0 Å². The van der Waals surface area contributed by atoms with Gasteiger partial charge < -0.3 is 9.52 Å². The van der Waals surface area contributed by atoms with Crippen LogP contribution in [0.4, 0.5) is 13.2 Å². The molecular weight excluding hydrogens is 401 g/mol. The predicted octanol–water partition coefficient (Wildman–Crippen LogP) is 2.69. The summed E-state index contributed by atoms with van der Waals surface area (Å²) in [4.78, 5) is 11.3. The molecule has 2 aliphatic heterocycles. The molecule has 7 nitrogen and oxygen atoms in total. The van der Waals surface area contributed by atoms with Gasteiger partial charge in [-0.05, 0) is 38.3 Å². The summed E-state index contributed by atoms with van der Waals surface area (Å²) in [6, 6.07) is 1.98. The molecule has 1 spiro atoms. The number of rotatable bonds is 3. The molecular formula is C17H25F3N2O5S. The van der Waals surface area contributed by atoms with E-state index in [0.29, 0.717) is 6.54 Å². The Hall–Kier alpha value is -1.59. The third-order valence-electron chi connectivity index (χ3n) is 5.05. The number of carboxylic acid groups (broad SMARTS) is 1. The van der Waals surface area contributed by atoms with Crippen molar-refractivity contribution >= 4 is 16.0 Å². The Labute approximate surface area is 162 Å². The molecule has 1 atom stereocenters. The molecule has 1 aromatic heterocycles. The topological polar surface area (TPSA) is 91.1 Å². The Morgan fingerprint density at radius 2 is 1.89 bits per heavy atom. The number of carboxylic acids is 1. The Morgan fingerprint density at radius 1 is 1.25 bits per heavy atom. The van der Waals surface area contributed by atoms with Crippen LogP contribution in [-0.4, -0.2) is 66.3 Å². The molecule has 11 heteroatoms. The molecule has 3 rings (SSSR count). The second-order valence-electron chi connectivity index (χ2n) is 7.27. The SMILES string of the molecule is CS(=O)(=O)N1CCCCC12CCCN(Cc1ccoc1)C2.O=C(O)C(F)(F)F. The van der Waals surface area contributed by atoms with Crippen LogP contribution in [0.5, 0.6) is 0 Å². The van der Waals surface area contributed by atoms with Gasteiger partial charge >= 0.3 is 12.1 Å². The number of sulfonamides is 1. The number of halogens is 3. The van der Waals surface area contributed by atoms with Gasteiger partial charge in [-0.2, -0.15) is 17.5 Å². The van der Waals surface area contributed by atoms with Gasteiger partial charge in [-0.15, -0.1) is 0 Å². The Kier molecular flexibility index (Phi) is 7.16. The normalized spacial score (nSPS) is 24.6. The summed E-state index contributed by atoms with van der Waals surface area (Å²) < 4.78 is 63.0. The van der Waals surface area contributed by atoms with Gasteiger partial charge in [0.25, 0.3) is 0 Å². The molecule has 0 bridgehead atoms. The Morgan fingerprint density at radius 3 is 2.43 bits per heavy atom. The minimum atomic E-state index is -5.08. The molecule has 0 radical (unpaired) electrons. The van der Waals surface area contributed by atoms with Gasteiger partial charge in [-0.25, -0.2) is 13.2 Å². The highest BCUT2D eigenvalue weighted by atomic mass is 32.2. The molecule has 0 aliphatic carbocycles. The monoisotopic (exact) mass is 426 g/mol. The average Bonchev–Trinajstić information content (AvgIpc) is 3.07. The molecule has 2 aliphatic rings. The van der Waals surface area contributed by atoms with E-state index >= 15 is 0 Å². The Balaban J connectivity index is 0.000000345. The Bertz CT molecular complexity index is 747. The second-order valence-corrected chi connectivity index (χ2v) is 9.17. The first-order valence-electron chi connectivity index (χ1n) is 8.95. The van der Waals surface area contributed by atoms with Crippen LogP contribution in [0.2, 0.25) is 0 Å². The summed E-state index contributed by atoms with van der Waals surface area (Å²) in [5.41, 5.74) is 0.974. The van der Waals surface area contributed by atoms with Crippen LogP contribution < -0.4 is 0 Å². The number of piperidine rings is 2. The van der Waals surface area contributed by atoms with E-state index in [2.05, 4.69) is 4.90 Å². The summed E-state index contributed by atoms with van der Waals surface area (Å²) in [5.74, 6) is -2.76. The molecule has 2 saturated heterocycles. The molecule has 3 heterocycles. The van der Waals surface area contributed by atoms with Crippen molar-refractivity contribution in [2.45, 2.75) is 50.4 Å². The van der Waals surface area contributed by atoms with E-state index in [1.54, 1.807) is 16.8 Å². The fourth-order valence-corrected chi connectivity index (χ4v) is 5.38. The van der Waals surface area contributed by atoms with Crippen molar-refractivity contribution in [3.63, 3.8) is 0 Å². The van der Waals surface area contributed by atoms with Crippen molar-refractivity contribution in [2.24, 2.45) is 0 Å². The van der Waals surface area contributed by atoms with Crippen molar-refractivity contribution < 1.29 is 35.9 Å². The number of alkyl halides is 3. The zero-order chi connectivity index (χ0) is 21.0. The molecule has 2 fully saturated rings. The summed E-state index contributed by atoms with van der Waals surface area (Å²) in [5, 5.41) is 7.12. The minimum Gasteiger partial charge on any atom is -0.475 e. The van der Waals surface area contributed by atoms with Crippen molar-refractivity contribution in [1.82, 2.24) is 9.21 Å². The summed E-state index contributed by atoms with van der Waals surface area (Å²) in [7, 11) is -3.13. The maximum Gasteiger partial charge on any atom is 0.490 e. The van der Waals surface area contributed by atoms with Gasteiger partial charge in [-0.1, -0.05) is 6.42 Å². The highest BCUT2D eigenvalue weighted by molar-refractivity contribution is 7.88. The fraction of sp³-hybridized carbons (Fsp3) is 0.706. The van der Waals surface area contributed by atoms with Crippen LogP contribution in [0, 0.1) is 0 Å². The number of hydrogen-bond donors (Lipinski definition) is 1. The van der Waals surface area contributed by atoms with Crippen LogP contribution in [-0.2, 0) is 21.4 Å². The van der Waals surface area contributed by atoms with Crippen LogP contribution in [0.3, 0.4) is 0 Å². The number of aliphatic carboxylic acids is 1. The largest absolute Gasteiger partial charge is 0.490 e. The third-order valence-corrected chi connectivity index (χ3v) is 6.42. The predicted molar refractivity (Wildman–Crippen MR) is 95.0 cm³/mol. The lowest BCUT2D eigenvalue weighted by atomic mass is 9.81. The first-order chi connectivity index (χ1) is 12.9. The van der Waals surface area contributed by atoms with Crippen molar-refractivity contribution in [2.75, 3.05) is 25.9 Å². The number of hydrogen-bond acceptors (Lipinski definition) is 5. The van der Waals surface area contributed by atoms with Crippen LogP contribution in [0.25, 0.3) is 0 Å². The molecule has 1 aromatic rings. The van der Waals surface area contributed by atoms with E-state index < -0.39 is 22.2 Å². The lowest BCUT2D eigenvalue weighted by molar-refractivity contribution is -0.192. The maximum atomic E-state index is 12.2. The summed E-state index contributed by atoms with van der Waals surface area (Å²) in [6.45, 7) is 3.39. The van der Waals surface area contributed by atoms with Gasteiger partial charge in [0.15, 0.2) is 0 Å². The maximum absolute atomic E-state index is 12.2. The van der Waals surface area contributed by atoms with E-state index in [9.17, 15) is 21.6 Å². The zero-order valence-electron chi connectivity index (χ0n) is 15.6. The van der Waals surface area contributed by atoms with E-state index in [0.717, 1.165) is 57.3 Å². The molecule has 160 valence electrons. The highest BCUT2D eigenvalue weighted by Crippen LogP contribution is 2.38. The van der Waals surface area contributed by atoms with Gasteiger partial charge in [0.05, 0.1) is 18.8 Å². The molecule has 1 N–H and O–H groups in total. The number of carbonyl (C=O) groups is 1. The van der Waals surface area contributed by atoms with Gasteiger partial charge in [0.2, 0.25) is 10.0 Å². The van der Waals surface area contributed by atoms with Crippen LogP contribution in [0.15, 0.2) is 23.0 Å². The van der Waals surface area contributed by atoms with E-state index in [1.165, 1.54) is 6.26 Å². The van der Waals surface area contributed by atoms with Gasteiger partial charge in [0.1, 0.15) is 0 Å². The second kappa shape index (κ2) is 8.83. The third kappa shape index (κ3) is 5.95. The molecule has 0 amide bonds. The fourth-order valence-electron chi connectivity index (χ4n) is 3.98. The van der Waals surface area contributed by atoms with Crippen molar-refractivity contribution in [3.05, 3.63) is 24.2 Å². The molecule has 1 unspecified atom stereocenters. The molecule has 0 aromatic carbocycles. The molecule has 28 heavy (non-hydrogen) atoms. The first-order valence-corrected chi connectivity index (χ1v) is 10.8. The standard InChI is InChI=1S/C15H24N2O3S.C2HF3O2/c1-21(18,19)17-9-3-2-6-15(17)7-4-8-16(13-15)11-14-5-10-20-12-14;3-2(4,5)1(6)7/h5,10,12H,2-4,6-9,11,13H2,1H3;(H,6,7). The van der Waals surface area contributed by atoms with E-state index in [1.807, 2.05) is 6.07 Å². The summed E-state index contributed by atoms with van der Waals surface area (Å²) >= 11 is 0. The molecule has 0 saturated carbocycles. The van der Waals surface area contributed by atoms with E-state index in [-0.39, 0.29) is 5.54 Å². The highest BCUT2D eigenvalue weighted by Gasteiger charge is 2.46. The lowest BCUT2D eigenvalue weighted by Gasteiger charge is -2.51. The quantitative estimate of drug-likeness (QED) is 0.799. The zero-order valence-corrected chi connectivity index (χ0v) is 16.4. The summed E-state index contributed by atoms with van der Waals surface area (Å²) in [6.07, 6.45) is 4.89. The minimum absolute atomic E-state index is 0.187. The van der Waals surface area contributed by atoms with Crippen molar-refractivity contribution in [1.29, 1.82) is 0 Å². The van der Waals surface area contributed by atoms with Gasteiger partial charge in [0, 0.05) is 30.7 Å². The van der Waals surface area contributed by atoms with Crippen molar-refractivity contribution in [3.8, 4) is 0 Å². The smallest absolute Gasteiger partial charge is 0.475 e. The van der Waals surface area contributed by atoms with Crippen LogP contribution in [0.1, 0.15) is 37.7 Å². The number of nitrogens with zero attached hydrogens (tertiary/aromatic N) is 2. The number of furan rings is 1. The lowest BCUT2D eigenvalue weighted by Crippen LogP contribution is -2.61. The number of likely N-dealkylation sites (tertiary alicyclic amines) is 1. The van der Waals surface area contributed by atoms with E-state index in [4.69, 9.17) is 14.3 Å². The first kappa shape index (κ1) is 22.7. The van der Waals surface area contributed by atoms with Gasteiger partial charge in [-0.3, -0.25) is 4.90 Å². The average molecular weight is 426 g/mol.